The van der Waals surface area contributed by atoms with E-state index in [1.54, 1.807) is 12.1 Å². The van der Waals surface area contributed by atoms with Gasteiger partial charge in [0.2, 0.25) is 0 Å². The van der Waals surface area contributed by atoms with Crippen molar-refractivity contribution >= 4 is 61.7 Å². The first-order valence-electron chi connectivity index (χ1n) is 6.43. The average Bonchev–Trinajstić information content (AvgIpc) is 2.50. The van der Waals surface area contributed by atoms with Crippen LogP contribution in [0.2, 0.25) is 15.1 Å². The Labute approximate surface area is 154 Å². The molecule has 0 spiro atoms. The minimum absolute atomic E-state index is 0.135. The highest BCUT2D eigenvalue weighted by Crippen LogP contribution is 2.34. The van der Waals surface area contributed by atoms with Gasteiger partial charge < -0.3 is 9.15 Å². The van der Waals surface area contributed by atoms with Crippen LogP contribution in [0.25, 0.3) is 11.0 Å². The minimum atomic E-state index is -0.446. The first kappa shape index (κ1) is 16.7. The van der Waals surface area contributed by atoms with E-state index in [1.165, 1.54) is 18.2 Å². The number of rotatable bonds is 3. The molecule has 0 bridgehead atoms. The molecule has 0 unspecified atom stereocenters. The molecule has 23 heavy (non-hydrogen) atoms. The van der Waals surface area contributed by atoms with Crippen LogP contribution in [0.1, 0.15) is 5.56 Å². The maximum absolute atomic E-state index is 11.7. The lowest BCUT2D eigenvalue weighted by atomic mass is 10.1. The highest BCUT2D eigenvalue weighted by molar-refractivity contribution is 9.10. The van der Waals surface area contributed by atoms with Crippen LogP contribution in [-0.2, 0) is 6.61 Å². The summed E-state index contributed by atoms with van der Waals surface area (Å²) in [4.78, 5) is 11.7. The molecule has 0 N–H and O–H groups in total. The molecule has 0 saturated carbocycles. The topological polar surface area (TPSA) is 39.4 Å². The van der Waals surface area contributed by atoms with E-state index in [0.717, 1.165) is 9.86 Å². The Bertz CT molecular complexity index is 953. The lowest BCUT2D eigenvalue weighted by Gasteiger charge is -2.11. The van der Waals surface area contributed by atoms with Crippen molar-refractivity contribution in [2.45, 2.75) is 6.61 Å². The van der Waals surface area contributed by atoms with E-state index in [2.05, 4.69) is 15.9 Å². The molecule has 3 aromatic rings. The average molecular weight is 435 g/mol. The van der Waals surface area contributed by atoms with Gasteiger partial charge in [0.1, 0.15) is 17.9 Å². The molecule has 0 radical (unpaired) electrons. The van der Waals surface area contributed by atoms with Crippen molar-refractivity contribution in [2.24, 2.45) is 0 Å². The molecule has 0 saturated heterocycles. The smallest absolute Gasteiger partial charge is 0.336 e. The Morgan fingerprint density at radius 1 is 1.00 bits per heavy atom. The van der Waals surface area contributed by atoms with Crippen LogP contribution in [0.15, 0.2) is 50.1 Å². The first-order valence-corrected chi connectivity index (χ1v) is 8.36. The summed E-state index contributed by atoms with van der Waals surface area (Å²) in [5.74, 6) is 0.387. The predicted molar refractivity (Wildman–Crippen MR) is 96.0 cm³/mol. The van der Waals surface area contributed by atoms with Gasteiger partial charge in [-0.25, -0.2) is 4.79 Å². The zero-order chi connectivity index (χ0) is 16.6. The first-order chi connectivity index (χ1) is 10.9. The van der Waals surface area contributed by atoms with Crippen LogP contribution in [0.3, 0.4) is 0 Å². The summed E-state index contributed by atoms with van der Waals surface area (Å²) < 4.78 is 11.7. The Balaban J connectivity index is 1.97. The van der Waals surface area contributed by atoms with Gasteiger partial charge in [0.25, 0.3) is 0 Å². The fraction of sp³-hybridized carbons (Fsp3) is 0.0625. The summed E-state index contributed by atoms with van der Waals surface area (Å²) >= 11 is 21.3. The number of hydrogen-bond acceptors (Lipinski definition) is 3. The number of fused-ring (bicyclic) bond motifs is 1. The zero-order valence-corrected chi connectivity index (χ0v) is 15.3. The highest BCUT2D eigenvalue weighted by atomic mass is 79.9. The largest absolute Gasteiger partial charge is 0.487 e. The molecular weight excluding hydrogens is 426 g/mol. The van der Waals surface area contributed by atoms with E-state index in [-0.39, 0.29) is 6.61 Å². The van der Waals surface area contributed by atoms with Crippen molar-refractivity contribution in [1.82, 2.24) is 0 Å². The van der Waals surface area contributed by atoms with Gasteiger partial charge in [-0.3, -0.25) is 0 Å². The third-order valence-electron chi connectivity index (χ3n) is 3.15. The highest BCUT2D eigenvalue weighted by Gasteiger charge is 2.10. The van der Waals surface area contributed by atoms with Gasteiger partial charge in [0.15, 0.2) is 0 Å². The van der Waals surface area contributed by atoms with Gasteiger partial charge in [-0.2, -0.15) is 0 Å². The van der Waals surface area contributed by atoms with Crippen LogP contribution >= 0.6 is 50.7 Å². The fourth-order valence-electron chi connectivity index (χ4n) is 2.09. The molecule has 3 rings (SSSR count). The lowest BCUT2D eigenvalue weighted by Crippen LogP contribution is -2.04. The molecule has 0 amide bonds. The molecule has 1 heterocycles. The molecule has 3 nitrogen and oxygen atoms in total. The van der Waals surface area contributed by atoms with Gasteiger partial charge in [0, 0.05) is 27.6 Å². The van der Waals surface area contributed by atoms with Crippen molar-refractivity contribution in [2.75, 3.05) is 0 Å². The van der Waals surface area contributed by atoms with Crippen molar-refractivity contribution < 1.29 is 9.15 Å². The summed E-state index contributed by atoms with van der Waals surface area (Å²) in [6, 6.07) is 9.81. The van der Waals surface area contributed by atoms with Gasteiger partial charge in [0.05, 0.1) is 15.1 Å². The second kappa shape index (κ2) is 6.73. The van der Waals surface area contributed by atoms with E-state index < -0.39 is 5.63 Å². The third-order valence-corrected chi connectivity index (χ3v) is 4.66. The summed E-state index contributed by atoms with van der Waals surface area (Å²) in [6.07, 6.45) is 0. The second-order valence-electron chi connectivity index (χ2n) is 4.72. The molecular formula is C16H8BrCl3O3. The summed E-state index contributed by atoms with van der Waals surface area (Å²) in [7, 11) is 0. The number of hydrogen-bond donors (Lipinski definition) is 0. The molecule has 0 aliphatic rings. The van der Waals surface area contributed by atoms with Crippen molar-refractivity contribution in [3.05, 3.63) is 71.9 Å². The molecule has 0 aliphatic heterocycles. The van der Waals surface area contributed by atoms with E-state index in [9.17, 15) is 4.79 Å². The molecule has 1 aromatic heterocycles. The monoisotopic (exact) mass is 432 g/mol. The van der Waals surface area contributed by atoms with E-state index in [1.807, 2.05) is 6.07 Å². The maximum Gasteiger partial charge on any atom is 0.336 e. The van der Waals surface area contributed by atoms with Crippen LogP contribution in [0.4, 0.5) is 0 Å². The van der Waals surface area contributed by atoms with Gasteiger partial charge >= 0.3 is 5.63 Å². The van der Waals surface area contributed by atoms with Crippen molar-refractivity contribution in [1.29, 1.82) is 0 Å². The number of ether oxygens (including phenoxy) is 1. The van der Waals surface area contributed by atoms with E-state index in [0.29, 0.717) is 32.0 Å². The fourth-order valence-corrected chi connectivity index (χ4v) is 3.04. The second-order valence-corrected chi connectivity index (χ2v) is 6.85. The molecule has 0 aliphatic carbocycles. The van der Waals surface area contributed by atoms with Crippen molar-refractivity contribution in [3.63, 3.8) is 0 Å². The standard InChI is InChI=1S/C16H8BrCl3O3/c17-9-1-2-14-10(4-9)8(3-16(21)23-14)7-22-15-6-12(19)11(18)5-13(15)20/h1-6H,7H2. The number of halogens is 4. The lowest BCUT2D eigenvalue weighted by molar-refractivity contribution is 0.307. The van der Waals surface area contributed by atoms with Gasteiger partial charge in [-0.1, -0.05) is 50.7 Å². The normalized spacial score (nSPS) is 11.0. The minimum Gasteiger partial charge on any atom is -0.487 e. The molecule has 0 atom stereocenters. The molecule has 0 fully saturated rings. The summed E-state index contributed by atoms with van der Waals surface area (Å²) in [5, 5.41) is 1.80. The van der Waals surface area contributed by atoms with Crippen LogP contribution in [-0.4, -0.2) is 0 Å². The zero-order valence-electron chi connectivity index (χ0n) is 11.4. The summed E-state index contributed by atoms with van der Waals surface area (Å²) in [5.41, 5.74) is 0.720. The van der Waals surface area contributed by atoms with Crippen molar-refractivity contribution in [3.8, 4) is 5.75 Å². The van der Waals surface area contributed by atoms with Crippen LogP contribution < -0.4 is 10.4 Å². The SMILES string of the molecule is O=c1cc(COc2cc(Cl)c(Cl)cc2Cl)c2cc(Br)ccc2o1. The molecule has 2 aromatic carbocycles. The predicted octanol–water partition coefficient (Wildman–Crippen LogP) is 6.09. The van der Waals surface area contributed by atoms with Crippen LogP contribution in [0, 0.1) is 0 Å². The Morgan fingerprint density at radius 3 is 2.52 bits per heavy atom. The van der Waals surface area contributed by atoms with E-state index >= 15 is 0 Å². The van der Waals surface area contributed by atoms with Gasteiger partial charge in [-0.15, -0.1) is 0 Å². The Hall–Kier alpha value is -1.20. The molecule has 7 heteroatoms. The Morgan fingerprint density at radius 2 is 1.74 bits per heavy atom. The van der Waals surface area contributed by atoms with Crippen LogP contribution in [0.5, 0.6) is 5.75 Å². The van der Waals surface area contributed by atoms with Gasteiger partial charge in [-0.05, 0) is 24.3 Å². The number of benzene rings is 2. The summed E-state index contributed by atoms with van der Waals surface area (Å²) in [6.45, 7) is 0.135. The third kappa shape index (κ3) is 3.66. The van der Waals surface area contributed by atoms with E-state index in [4.69, 9.17) is 44.0 Å². The Kier molecular flexibility index (Phi) is 4.87. The quantitative estimate of drug-likeness (QED) is 0.370. The maximum atomic E-state index is 11.7. The molecule has 118 valence electrons.